The predicted molar refractivity (Wildman–Crippen MR) is 70.0 cm³/mol. The van der Waals surface area contributed by atoms with E-state index in [0.29, 0.717) is 5.69 Å². The van der Waals surface area contributed by atoms with Gasteiger partial charge in [-0.2, -0.15) is 0 Å². The summed E-state index contributed by atoms with van der Waals surface area (Å²) in [6, 6.07) is 7.00. The van der Waals surface area contributed by atoms with Gasteiger partial charge < -0.3 is 15.4 Å². The van der Waals surface area contributed by atoms with Crippen molar-refractivity contribution in [3.8, 4) is 5.75 Å². The Morgan fingerprint density at radius 2 is 1.89 bits per heavy atom. The van der Waals surface area contributed by atoms with Crippen molar-refractivity contribution in [3.05, 3.63) is 24.3 Å². The van der Waals surface area contributed by atoms with E-state index in [1.807, 2.05) is 0 Å². The van der Waals surface area contributed by atoms with Crippen LogP contribution in [0.3, 0.4) is 0 Å². The van der Waals surface area contributed by atoms with E-state index in [2.05, 4.69) is 10.6 Å². The number of ether oxygens (including phenoxy) is 1. The van der Waals surface area contributed by atoms with Crippen LogP contribution in [0.15, 0.2) is 24.3 Å². The van der Waals surface area contributed by atoms with Gasteiger partial charge in [0, 0.05) is 18.7 Å². The lowest BCUT2D eigenvalue weighted by molar-refractivity contribution is -0.119. The Bertz CT molecular complexity index is 406. The van der Waals surface area contributed by atoms with Crippen LogP contribution in [-0.2, 0) is 9.59 Å². The molecule has 6 heteroatoms. The first kappa shape index (κ1) is 14.3. The van der Waals surface area contributed by atoms with Gasteiger partial charge in [-0.05, 0) is 24.3 Å². The fourth-order valence-electron chi connectivity index (χ4n) is 1.26. The Hall–Kier alpha value is -1.75. The second-order valence-corrected chi connectivity index (χ2v) is 3.78. The van der Waals surface area contributed by atoms with Crippen molar-refractivity contribution in [1.29, 1.82) is 0 Å². The molecule has 0 saturated carbocycles. The number of hydrogen-bond acceptors (Lipinski definition) is 3. The second-order valence-electron chi connectivity index (χ2n) is 3.51. The van der Waals surface area contributed by atoms with Gasteiger partial charge in [-0.1, -0.05) is 0 Å². The van der Waals surface area contributed by atoms with Crippen LogP contribution in [0.4, 0.5) is 5.69 Å². The summed E-state index contributed by atoms with van der Waals surface area (Å²) in [5.74, 6) is 0.173. The second kappa shape index (κ2) is 7.55. The highest BCUT2D eigenvalue weighted by Crippen LogP contribution is 2.14. The molecule has 0 radical (unpaired) electrons. The number of amides is 2. The van der Waals surface area contributed by atoms with E-state index >= 15 is 0 Å². The minimum atomic E-state index is -0.283. The molecule has 0 unspecified atom stereocenters. The zero-order valence-electron chi connectivity index (χ0n) is 10.0. The summed E-state index contributed by atoms with van der Waals surface area (Å²) in [4.78, 5) is 22.3. The largest absolute Gasteiger partial charge is 0.497 e. The number of nitrogens with one attached hydrogen (secondary N) is 2. The van der Waals surface area contributed by atoms with Crippen LogP contribution in [0.1, 0.15) is 6.42 Å². The van der Waals surface area contributed by atoms with E-state index < -0.39 is 0 Å². The minimum Gasteiger partial charge on any atom is -0.497 e. The van der Waals surface area contributed by atoms with Crippen LogP contribution in [0.5, 0.6) is 5.75 Å². The van der Waals surface area contributed by atoms with Crippen molar-refractivity contribution in [2.45, 2.75) is 6.42 Å². The Kier molecular flexibility index (Phi) is 6.00. The molecule has 0 aliphatic rings. The van der Waals surface area contributed by atoms with Gasteiger partial charge in [-0.15, -0.1) is 11.6 Å². The minimum absolute atomic E-state index is 0.0971. The van der Waals surface area contributed by atoms with Gasteiger partial charge in [0.15, 0.2) is 0 Å². The van der Waals surface area contributed by atoms with Gasteiger partial charge in [0.05, 0.1) is 7.11 Å². The zero-order chi connectivity index (χ0) is 13.4. The van der Waals surface area contributed by atoms with Crippen molar-refractivity contribution < 1.29 is 14.3 Å². The standard InChI is InChI=1S/C12H15ClN2O3/c1-18-10-4-2-9(3-5-10)15-11(16)6-7-14-12(17)8-13/h2-5H,6-8H2,1H3,(H,14,17)(H,15,16). The molecule has 5 nitrogen and oxygen atoms in total. The number of anilines is 1. The maximum Gasteiger partial charge on any atom is 0.234 e. The Morgan fingerprint density at radius 1 is 1.22 bits per heavy atom. The normalized spacial score (nSPS) is 9.67. The summed E-state index contributed by atoms with van der Waals surface area (Å²) in [5.41, 5.74) is 0.685. The zero-order valence-corrected chi connectivity index (χ0v) is 10.8. The molecule has 0 aromatic heterocycles. The van der Waals surface area contributed by atoms with E-state index in [1.54, 1.807) is 31.4 Å². The highest BCUT2D eigenvalue weighted by Gasteiger charge is 2.04. The van der Waals surface area contributed by atoms with E-state index in [4.69, 9.17) is 16.3 Å². The molecule has 0 saturated heterocycles. The highest BCUT2D eigenvalue weighted by molar-refractivity contribution is 6.27. The SMILES string of the molecule is COc1ccc(NC(=O)CCNC(=O)CCl)cc1. The lowest BCUT2D eigenvalue weighted by Gasteiger charge is -2.06. The first-order chi connectivity index (χ1) is 8.65. The fraction of sp³-hybridized carbons (Fsp3) is 0.333. The topological polar surface area (TPSA) is 67.4 Å². The number of alkyl halides is 1. The third-order valence-electron chi connectivity index (χ3n) is 2.17. The van der Waals surface area contributed by atoms with Crippen LogP contribution in [-0.4, -0.2) is 31.3 Å². The monoisotopic (exact) mass is 270 g/mol. The van der Waals surface area contributed by atoms with E-state index in [1.165, 1.54) is 0 Å². The fourth-order valence-corrected chi connectivity index (χ4v) is 1.36. The maximum absolute atomic E-state index is 11.5. The Labute approximate surface area is 110 Å². The third kappa shape index (κ3) is 5.05. The lowest BCUT2D eigenvalue weighted by Crippen LogP contribution is -2.28. The van der Waals surface area contributed by atoms with Crippen LogP contribution in [0.2, 0.25) is 0 Å². The summed E-state index contributed by atoms with van der Waals surface area (Å²) in [6.45, 7) is 0.271. The van der Waals surface area contributed by atoms with Gasteiger partial charge in [0.25, 0.3) is 0 Å². The molecule has 0 heterocycles. The average molecular weight is 271 g/mol. The molecule has 18 heavy (non-hydrogen) atoms. The average Bonchev–Trinajstić information content (AvgIpc) is 2.39. The lowest BCUT2D eigenvalue weighted by atomic mass is 10.3. The molecule has 2 N–H and O–H groups in total. The first-order valence-electron chi connectivity index (χ1n) is 5.42. The van der Waals surface area contributed by atoms with Crippen molar-refractivity contribution in [1.82, 2.24) is 5.32 Å². The molecule has 98 valence electrons. The van der Waals surface area contributed by atoms with Crippen LogP contribution < -0.4 is 15.4 Å². The number of carbonyl (C=O) groups excluding carboxylic acids is 2. The summed E-state index contributed by atoms with van der Waals surface area (Å²) in [7, 11) is 1.58. The number of carbonyl (C=O) groups is 2. The van der Waals surface area contributed by atoms with Crippen molar-refractivity contribution in [2.75, 3.05) is 24.9 Å². The molecule has 2 amide bonds. The van der Waals surface area contributed by atoms with Crippen LogP contribution in [0.25, 0.3) is 0 Å². The number of hydrogen-bond donors (Lipinski definition) is 2. The summed E-state index contributed by atoms with van der Waals surface area (Å²) >= 11 is 5.30. The number of methoxy groups -OCH3 is 1. The van der Waals surface area contributed by atoms with Crippen molar-refractivity contribution in [3.63, 3.8) is 0 Å². The van der Waals surface area contributed by atoms with Gasteiger partial charge in [-0.25, -0.2) is 0 Å². The van der Waals surface area contributed by atoms with Gasteiger partial charge >= 0.3 is 0 Å². The molecule has 0 atom stereocenters. The molecular formula is C12H15ClN2O3. The van der Waals surface area contributed by atoms with Gasteiger partial charge in [0.1, 0.15) is 11.6 Å². The number of rotatable bonds is 6. The van der Waals surface area contributed by atoms with E-state index in [0.717, 1.165) is 5.75 Å². The van der Waals surface area contributed by atoms with Crippen molar-refractivity contribution in [2.24, 2.45) is 0 Å². The van der Waals surface area contributed by atoms with Gasteiger partial charge in [-0.3, -0.25) is 9.59 Å². The maximum atomic E-state index is 11.5. The van der Waals surface area contributed by atoms with Gasteiger partial charge in [0.2, 0.25) is 11.8 Å². The first-order valence-corrected chi connectivity index (χ1v) is 5.95. The smallest absolute Gasteiger partial charge is 0.234 e. The molecular weight excluding hydrogens is 256 g/mol. The van der Waals surface area contributed by atoms with E-state index in [9.17, 15) is 9.59 Å². The molecule has 0 bridgehead atoms. The predicted octanol–water partition coefficient (Wildman–Crippen LogP) is 1.38. The quantitative estimate of drug-likeness (QED) is 0.768. The van der Waals surface area contributed by atoms with Crippen LogP contribution >= 0.6 is 11.6 Å². The molecule has 1 rings (SSSR count). The molecule has 0 fully saturated rings. The highest BCUT2D eigenvalue weighted by atomic mass is 35.5. The number of halogens is 1. The molecule has 1 aromatic rings. The van der Waals surface area contributed by atoms with Crippen LogP contribution in [0, 0.1) is 0 Å². The Morgan fingerprint density at radius 3 is 2.44 bits per heavy atom. The summed E-state index contributed by atoms with van der Waals surface area (Å²) in [5, 5.41) is 5.22. The van der Waals surface area contributed by atoms with Crippen molar-refractivity contribution >= 4 is 29.1 Å². The molecule has 0 aliphatic heterocycles. The van der Waals surface area contributed by atoms with E-state index in [-0.39, 0.29) is 30.7 Å². The summed E-state index contributed by atoms with van der Waals surface area (Å²) in [6.07, 6.45) is 0.203. The Balaban J connectivity index is 2.32. The molecule has 0 spiro atoms. The number of benzene rings is 1. The molecule has 1 aromatic carbocycles. The molecule has 0 aliphatic carbocycles. The summed E-state index contributed by atoms with van der Waals surface area (Å²) < 4.78 is 5.01. The third-order valence-corrected chi connectivity index (χ3v) is 2.41.